The van der Waals surface area contributed by atoms with Crippen LogP contribution in [0.3, 0.4) is 0 Å². The lowest BCUT2D eigenvalue weighted by atomic mass is 9.89. The van der Waals surface area contributed by atoms with Crippen molar-refractivity contribution in [2.45, 2.75) is 33.4 Å². The highest BCUT2D eigenvalue weighted by atomic mass is 32.1. The van der Waals surface area contributed by atoms with Gasteiger partial charge in [0.15, 0.2) is 11.5 Å². The summed E-state index contributed by atoms with van der Waals surface area (Å²) >= 11 is 1.54. The Morgan fingerprint density at radius 1 is 1.26 bits per heavy atom. The third kappa shape index (κ3) is 3.64. The first-order valence-electron chi connectivity index (χ1n) is 10.1. The zero-order valence-electron chi connectivity index (χ0n) is 17.9. The summed E-state index contributed by atoms with van der Waals surface area (Å²) in [6.45, 7) is 5.79. The predicted molar refractivity (Wildman–Crippen MR) is 121 cm³/mol. The van der Waals surface area contributed by atoms with Gasteiger partial charge in [-0.3, -0.25) is 14.5 Å². The van der Waals surface area contributed by atoms with Gasteiger partial charge in [-0.25, -0.2) is 4.98 Å². The van der Waals surface area contributed by atoms with Crippen LogP contribution < -0.4 is 4.90 Å². The second-order valence-electron chi connectivity index (χ2n) is 7.88. The number of aliphatic hydroxyl groups excluding tert-OH is 1. The number of methoxy groups -OCH3 is 1. The summed E-state index contributed by atoms with van der Waals surface area (Å²) in [6.07, 6.45) is 0. The summed E-state index contributed by atoms with van der Waals surface area (Å²) < 4.78 is 6.29. The average Bonchev–Trinajstić information content (AvgIpc) is 3.24. The van der Waals surface area contributed by atoms with Crippen molar-refractivity contribution in [3.63, 3.8) is 0 Å². The molecule has 1 atom stereocenters. The van der Waals surface area contributed by atoms with E-state index in [1.807, 2.05) is 43.3 Å². The Morgan fingerprint density at radius 3 is 2.71 bits per heavy atom. The minimum absolute atomic E-state index is 0.129. The molecule has 0 aliphatic carbocycles. The van der Waals surface area contributed by atoms with Crippen LogP contribution in [0.1, 0.15) is 36.0 Å². The SMILES string of the molecule is COCc1ccccc1C1C(C(=O)C(C)C)=C(O)C(=O)N1c1ccc2nc(C)sc2c1. The third-order valence-corrected chi connectivity index (χ3v) is 6.34. The smallest absolute Gasteiger partial charge is 0.294 e. The van der Waals surface area contributed by atoms with Gasteiger partial charge in [0, 0.05) is 18.7 Å². The van der Waals surface area contributed by atoms with E-state index >= 15 is 0 Å². The number of aryl methyl sites for hydroxylation is 1. The quantitative estimate of drug-likeness (QED) is 0.596. The number of ketones is 1. The molecule has 1 amide bonds. The van der Waals surface area contributed by atoms with Crippen molar-refractivity contribution < 1.29 is 19.4 Å². The molecule has 0 saturated carbocycles. The third-order valence-electron chi connectivity index (χ3n) is 5.40. The number of aliphatic hydroxyl groups is 1. The lowest BCUT2D eigenvalue weighted by Crippen LogP contribution is -2.32. The average molecular weight is 437 g/mol. The fourth-order valence-electron chi connectivity index (χ4n) is 3.99. The number of ether oxygens (including phenoxy) is 1. The number of rotatable bonds is 6. The fourth-order valence-corrected chi connectivity index (χ4v) is 4.85. The molecule has 0 saturated heterocycles. The molecule has 7 heteroatoms. The van der Waals surface area contributed by atoms with Gasteiger partial charge in [-0.15, -0.1) is 11.3 Å². The van der Waals surface area contributed by atoms with Gasteiger partial charge in [0.25, 0.3) is 5.91 Å². The van der Waals surface area contributed by atoms with Crippen LogP contribution in [0.2, 0.25) is 0 Å². The lowest BCUT2D eigenvalue weighted by molar-refractivity contribution is -0.119. The molecule has 0 fully saturated rings. The van der Waals surface area contributed by atoms with Crippen LogP contribution in [0.15, 0.2) is 53.8 Å². The summed E-state index contributed by atoms with van der Waals surface area (Å²) in [5, 5.41) is 11.7. The number of carbonyl (C=O) groups is 2. The van der Waals surface area contributed by atoms with Crippen LogP contribution >= 0.6 is 11.3 Å². The topological polar surface area (TPSA) is 79.7 Å². The normalized spacial score (nSPS) is 16.7. The zero-order valence-corrected chi connectivity index (χ0v) is 18.7. The van der Waals surface area contributed by atoms with Gasteiger partial charge in [0.2, 0.25) is 0 Å². The van der Waals surface area contributed by atoms with Crippen LogP contribution in [0.25, 0.3) is 10.2 Å². The molecule has 1 unspecified atom stereocenters. The zero-order chi connectivity index (χ0) is 22.3. The van der Waals surface area contributed by atoms with Crippen molar-refractivity contribution in [2.24, 2.45) is 5.92 Å². The summed E-state index contributed by atoms with van der Waals surface area (Å²) in [5.74, 6) is -1.69. The number of fused-ring (bicyclic) bond motifs is 1. The molecule has 1 aliphatic rings. The van der Waals surface area contributed by atoms with Gasteiger partial charge < -0.3 is 9.84 Å². The molecule has 4 rings (SSSR count). The highest BCUT2D eigenvalue weighted by Crippen LogP contribution is 2.43. The Bertz CT molecular complexity index is 1210. The number of thiazole rings is 1. The summed E-state index contributed by atoms with van der Waals surface area (Å²) in [5.41, 5.74) is 3.20. The molecule has 0 spiro atoms. The Morgan fingerprint density at radius 2 is 2.00 bits per heavy atom. The number of carbonyl (C=O) groups excluding carboxylic acids is 2. The number of Topliss-reactive ketones (excluding diaryl/α,β-unsaturated/α-hetero) is 1. The van der Waals surface area contributed by atoms with Crippen LogP contribution in [0.5, 0.6) is 0 Å². The van der Waals surface area contributed by atoms with E-state index in [-0.39, 0.29) is 17.3 Å². The van der Waals surface area contributed by atoms with E-state index in [4.69, 9.17) is 4.74 Å². The largest absolute Gasteiger partial charge is 0.503 e. The maximum Gasteiger partial charge on any atom is 0.294 e. The van der Waals surface area contributed by atoms with Crippen molar-refractivity contribution in [3.8, 4) is 0 Å². The molecular weight excluding hydrogens is 412 g/mol. The molecule has 3 aromatic rings. The van der Waals surface area contributed by atoms with E-state index < -0.39 is 17.7 Å². The van der Waals surface area contributed by atoms with Gasteiger partial charge in [-0.05, 0) is 36.2 Å². The van der Waals surface area contributed by atoms with Gasteiger partial charge in [-0.1, -0.05) is 38.1 Å². The highest BCUT2D eigenvalue weighted by Gasteiger charge is 2.45. The number of amides is 1. The first-order chi connectivity index (χ1) is 14.8. The standard InChI is InChI=1S/C24H24N2O4S/c1-13(2)22(27)20-21(17-8-6-5-7-15(17)12-30-4)26(24(29)23(20)28)16-9-10-18-19(11-16)31-14(3)25-18/h5-11,13,21,28H,12H2,1-4H3. The van der Waals surface area contributed by atoms with Crippen LogP contribution in [-0.2, 0) is 20.9 Å². The van der Waals surface area contributed by atoms with Crippen molar-refractivity contribution in [3.05, 3.63) is 69.9 Å². The van der Waals surface area contributed by atoms with E-state index in [1.54, 1.807) is 27.0 Å². The lowest BCUT2D eigenvalue weighted by Gasteiger charge is -2.29. The Balaban J connectivity index is 1.93. The van der Waals surface area contributed by atoms with Crippen molar-refractivity contribution >= 4 is 38.9 Å². The Kier molecular flexibility index (Phi) is 5.64. The monoisotopic (exact) mass is 436 g/mol. The highest BCUT2D eigenvalue weighted by molar-refractivity contribution is 7.18. The van der Waals surface area contributed by atoms with Gasteiger partial charge >= 0.3 is 0 Å². The molecule has 160 valence electrons. The molecule has 0 radical (unpaired) electrons. The maximum absolute atomic E-state index is 13.3. The number of hydrogen-bond donors (Lipinski definition) is 1. The van der Waals surface area contributed by atoms with E-state index in [0.717, 1.165) is 26.4 Å². The van der Waals surface area contributed by atoms with E-state index in [1.165, 1.54) is 16.2 Å². The molecule has 1 aromatic heterocycles. The molecule has 2 heterocycles. The van der Waals surface area contributed by atoms with Crippen molar-refractivity contribution in [1.82, 2.24) is 4.98 Å². The first kappa shape index (κ1) is 21.2. The van der Waals surface area contributed by atoms with Gasteiger partial charge in [-0.2, -0.15) is 0 Å². The number of hydrogen-bond acceptors (Lipinski definition) is 6. The summed E-state index contributed by atoms with van der Waals surface area (Å²) in [6, 6.07) is 12.4. The fraction of sp³-hybridized carbons (Fsp3) is 0.292. The van der Waals surface area contributed by atoms with Gasteiger partial charge in [0.05, 0.1) is 33.4 Å². The second-order valence-corrected chi connectivity index (χ2v) is 9.11. The number of anilines is 1. The number of nitrogens with zero attached hydrogens (tertiary/aromatic N) is 2. The molecule has 2 aromatic carbocycles. The van der Waals surface area contributed by atoms with Gasteiger partial charge in [0.1, 0.15) is 0 Å². The molecule has 1 N–H and O–H groups in total. The van der Waals surface area contributed by atoms with Crippen LogP contribution in [0.4, 0.5) is 5.69 Å². The van der Waals surface area contributed by atoms with E-state index in [2.05, 4.69) is 4.98 Å². The first-order valence-corrected chi connectivity index (χ1v) is 10.9. The Hall–Kier alpha value is -3.03. The number of benzene rings is 2. The second kappa shape index (κ2) is 8.24. The molecular formula is C24H24N2O4S. The number of aromatic nitrogens is 1. The van der Waals surface area contributed by atoms with Crippen LogP contribution in [0, 0.1) is 12.8 Å². The minimum Gasteiger partial charge on any atom is -0.503 e. The molecule has 0 bridgehead atoms. The molecule has 31 heavy (non-hydrogen) atoms. The molecule has 1 aliphatic heterocycles. The van der Waals surface area contributed by atoms with Crippen molar-refractivity contribution in [1.29, 1.82) is 0 Å². The maximum atomic E-state index is 13.3. The van der Waals surface area contributed by atoms with Crippen LogP contribution in [-0.4, -0.2) is 28.9 Å². The molecule has 6 nitrogen and oxygen atoms in total. The summed E-state index contributed by atoms with van der Waals surface area (Å²) in [7, 11) is 1.60. The van der Waals surface area contributed by atoms with E-state index in [0.29, 0.717) is 12.3 Å². The Labute approximate surface area is 184 Å². The van der Waals surface area contributed by atoms with Crippen molar-refractivity contribution in [2.75, 3.05) is 12.0 Å². The van der Waals surface area contributed by atoms with E-state index in [9.17, 15) is 14.7 Å². The predicted octanol–water partition coefficient (Wildman–Crippen LogP) is 4.88. The summed E-state index contributed by atoms with van der Waals surface area (Å²) in [4.78, 5) is 32.4. The minimum atomic E-state index is -0.736.